The second kappa shape index (κ2) is 5.74. The number of carbonyl (C=O) groups is 1. The van der Waals surface area contributed by atoms with Crippen molar-refractivity contribution in [2.24, 2.45) is 0 Å². The molecule has 0 aliphatic heterocycles. The number of carbonyl (C=O) groups excluding carboxylic acids is 1. The van der Waals surface area contributed by atoms with E-state index in [0.717, 1.165) is 35.1 Å². The summed E-state index contributed by atoms with van der Waals surface area (Å²) in [5, 5.41) is 4.14. The Labute approximate surface area is 107 Å². The van der Waals surface area contributed by atoms with Gasteiger partial charge < -0.3 is 5.32 Å². The number of nitrogens with zero attached hydrogens (tertiary/aromatic N) is 1. The van der Waals surface area contributed by atoms with Crippen LogP contribution in [0.3, 0.4) is 0 Å². The van der Waals surface area contributed by atoms with Crippen molar-refractivity contribution in [2.75, 3.05) is 13.1 Å². The number of rotatable bonds is 5. The van der Waals surface area contributed by atoms with E-state index in [1.165, 1.54) is 0 Å². The molecule has 0 bridgehead atoms. The van der Waals surface area contributed by atoms with Gasteiger partial charge in [0.05, 0.1) is 12.1 Å². The number of nitrogens with one attached hydrogen (secondary N) is 1. The first-order valence-electron chi connectivity index (χ1n) is 6.32. The molecule has 2 aromatic rings. The van der Waals surface area contributed by atoms with Gasteiger partial charge >= 0.3 is 0 Å². The van der Waals surface area contributed by atoms with E-state index in [0.29, 0.717) is 6.54 Å². The van der Waals surface area contributed by atoms with E-state index in [2.05, 4.69) is 17.2 Å². The van der Waals surface area contributed by atoms with E-state index >= 15 is 0 Å². The Morgan fingerprint density at radius 3 is 2.89 bits per heavy atom. The molecule has 0 spiro atoms. The highest BCUT2D eigenvalue weighted by molar-refractivity contribution is 6.00. The maximum atomic E-state index is 11.9. The molecule has 0 aliphatic rings. The second-order valence-electron chi connectivity index (χ2n) is 4.46. The smallest absolute Gasteiger partial charge is 0.176 e. The zero-order chi connectivity index (χ0) is 13.0. The number of hydrogen-bond acceptors (Lipinski definition) is 3. The summed E-state index contributed by atoms with van der Waals surface area (Å²) in [5.74, 6) is 0.130. The van der Waals surface area contributed by atoms with E-state index in [1.54, 1.807) is 0 Å². The Hall–Kier alpha value is -1.74. The number of fused-ring (bicyclic) bond motifs is 1. The van der Waals surface area contributed by atoms with Gasteiger partial charge in [-0.3, -0.25) is 9.78 Å². The van der Waals surface area contributed by atoms with Gasteiger partial charge in [0, 0.05) is 16.6 Å². The van der Waals surface area contributed by atoms with Gasteiger partial charge in [0.2, 0.25) is 0 Å². The summed E-state index contributed by atoms with van der Waals surface area (Å²) in [6.45, 7) is 5.33. The molecule has 2 rings (SSSR count). The molecule has 1 aromatic heterocycles. The van der Waals surface area contributed by atoms with Crippen LogP contribution in [0, 0.1) is 6.92 Å². The van der Waals surface area contributed by atoms with Gasteiger partial charge in [-0.15, -0.1) is 0 Å². The average molecular weight is 242 g/mol. The van der Waals surface area contributed by atoms with Crippen LogP contribution in [0.5, 0.6) is 0 Å². The Morgan fingerprint density at radius 1 is 1.28 bits per heavy atom. The van der Waals surface area contributed by atoms with E-state index in [4.69, 9.17) is 0 Å². The number of aryl methyl sites for hydroxylation is 1. The molecular formula is C15H18N2O. The minimum absolute atomic E-state index is 0.130. The fourth-order valence-electron chi connectivity index (χ4n) is 1.88. The van der Waals surface area contributed by atoms with E-state index in [-0.39, 0.29) is 5.78 Å². The monoisotopic (exact) mass is 242 g/mol. The largest absolute Gasteiger partial charge is 0.310 e. The van der Waals surface area contributed by atoms with Gasteiger partial charge in [-0.1, -0.05) is 13.0 Å². The molecule has 0 fully saturated rings. The molecule has 0 atom stereocenters. The quantitative estimate of drug-likeness (QED) is 0.647. The molecule has 0 amide bonds. The lowest BCUT2D eigenvalue weighted by molar-refractivity contribution is 0.0991. The van der Waals surface area contributed by atoms with Gasteiger partial charge in [-0.05, 0) is 44.2 Å². The van der Waals surface area contributed by atoms with E-state index in [1.807, 2.05) is 37.3 Å². The SMILES string of the molecule is CCCNCC(=O)c1ccc2nc(C)ccc2c1. The Morgan fingerprint density at radius 2 is 2.11 bits per heavy atom. The van der Waals surface area contributed by atoms with Crippen molar-refractivity contribution in [1.82, 2.24) is 10.3 Å². The standard InChI is InChI=1S/C15H18N2O/c1-3-8-16-10-15(18)13-6-7-14-12(9-13)5-4-11(2)17-14/h4-7,9,16H,3,8,10H2,1-2H3. The Balaban J connectivity index is 2.19. The van der Waals surface area contributed by atoms with Crippen LogP contribution in [0.15, 0.2) is 30.3 Å². The normalized spacial score (nSPS) is 10.8. The minimum atomic E-state index is 0.130. The van der Waals surface area contributed by atoms with Crippen molar-refractivity contribution in [1.29, 1.82) is 0 Å². The second-order valence-corrected chi connectivity index (χ2v) is 4.46. The third-order valence-electron chi connectivity index (χ3n) is 2.86. The lowest BCUT2D eigenvalue weighted by atomic mass is 10.1. The number of Topliss-reactive ketones (excluding diaryl/α,β-unsaturated/α-hetero) is 1. The highest BCUT2D eigenvalue weighted by Gasteiger charge is 2.06. The van der Waals surface area contributed by atoms with E-state index in [9.17, 15) is 4.79 Å². The first-order valence-corrected chi connectivity index (χ1v) is 6.32. The molecule has 0 saturated carbocycles. The van der Waals surface area contributed by atoms with Crippen LogP contribution in [0.1, 0.15) is 29.4 Å². The summed E-state index contributed by atoms with van der Waals surface area (Å²) >= 11 is 0. The van der Waals surface area contributed by atoms with Crippen LogP contribution in [-0.2, 0) is 0 Å². The van der Waals surface area contributed by atoms with Crippen LogP contribution in [0.2, 0.25) is 0 Å². The third-order valence-corrected chi connectivity index (χ3v) is 2.86. The van der Waals surface area contributed by atoms with Crippen molar-refractivity contribution in [3.63, 3.8) is 0 Å². The van der Waals surface area contributed by atoms with Crippen molar-refractivity contribution in [3.8, 4) is 0 Å². The van der Waals surface area contributed by atoms with Crippen LogP contribution in [0.4, 0.5) is 0 Å². The van der Waals surface area contributed by atoms with Gasteiger partial charge in [-0.25, -0.2) is 0 Å². The fourth-order valence-corrected chi connectivity index (χ4v) is 1.88. The van der Waals surface area contributed by atoms with Gasteiger partial charge in [-0.2, -0.15) is 0 Å². The average Bonchev–Trinajstić information content (AvgIpc) is 2.38. The summed E-state index contributed by atoms with van der Waals surface area (Å²) in [6, 6.07) is 9.65. The summed E-state index contributed by atoms with van der Waals surface area (Å²) in [5.41, 5.74) is 2.68. The van der Waals surface area contributed by atoms with Crippen LogP contribution in [-0.4, -0.2) is 23.9 Å². The first kappa shape index (κ1) is 12.7. The molecule has 0 radical (unpaired) electrons. The van der Waals surface area contributed by atoms with Crippen molar-refractivity contribution in [2.45, 2.75) is 20.3 Å². The molecule has 1 heterocycles. The summed E-state index contributed by atoms with van der Waals surface area (Å²) in [7, 11) is 0. The number of pyridine rings is 1. The maximum Gasteiger partial charge on any atom is 0.176 e. The number of ketones is 1. The molecular weight excluding hydrogens is 224 g/mol. The highest BCUT2D eigenvalue weighted by Crippen LogP contribution is 2.15. The topological polar surface area (TPSA) is 42.0 Å². The molecule has 0 unspecified atom stereocenters. The fraction of sp³-hybridized carbons (Fsp3) is 0.333. The number of aromatic nitrogens is 1. The number of benzene rings is 1. The molecule has 0 saturated heterocycles. The van der Waals surface area contributed by atoms with Crippen molar-refractivity contribution in [3.05, 3.63) is 41.6 Å². The lowest BCUT2D eigenvalue weighted by Gasteiger charge is -2.04. The molecule has 0 aliphatic carbocycles. The minimum Gasteiger partial charge on any atom is -0.310 e. The molecule has 3 nitrogen and oxygen atoms in total. The maximum absolute atomic E-state index is 11.9. The third kappa shape index (κ3) is 2.93. The van der Waals surface area contributed by atoms with E-state index < -0.39 is 0 Å². The highest BCUT2D eigenvalue weighted by atomic mass is 16.1. The van der Waals surface area contributed by atoms with Gasteiger partial charge in [0.1, 0.15) is 0 Å². The Kier molecular flexibility index (Phi) is 4.05. The summed E-state index contributed by atoms with van der Waals surface area (Å²) in [6.07, 6.45) is 1.04. The zero-order valence-electron chi connectivity index (χ0n) is 10.9. The number of hydrogen-bond donors (Lipinski definition) is 1. The van der Waals surface area contributed by atoms with Crippen molar-refractivity contribution < 1.29 is 4.79 Å². The lowest BCUT2D eigenvalue weighted by Crippen LogP contribution is -2.23. The summed E-state index contributed by atoms with van der Waals surface area (Å²) < 4.78 is 0. The van der Waals surface area contributed by atoms with Crippen LogP contribution in [0.25, 0.3) is 10.9 Å². The van der Waals surface area contributed by atoms with Gasteiger partial charge in [0.25, 0.3) is 0 Å². The molecule has 94 valence electrons. The first-order chi connectivity index (χ1) is 8.70. The molecule has 3 heteroatoms. The molecule has 1 N–H and O–H groups in total. The summed E-state index contributed by atoms with van der Waals surface area (Å²) in [4.78, 5) is 16.4. The van der Waals surface area contributed by atoms with Gasteiger partial charge in [0.15, 0.2) is 5.78 Å². The van der Waals surface area contributed by atoms with Crippen molar-refractivity contribution >= 4 is 16.7 Å². The molecule has 1 aromatic carbocycles. The van der Waals surface area contributed by atoms with Crippen LogP contribution >= 0.6 is 0 Å². The Bertz CT molecular complexity index is 563. The van der Waals surface area contributed by atoms with Crippen LogP contribution < -0.4 is 5.32 Å². The molecule has 18 heavy (non-hydrogen) atoms. The predicted octanol–water partition coefficient (Wildman–Crippen LogP) is 2.73. The zero-order valence-corrected chi connectivity index (χ0v) is 10.9. The predicted molar refractivity (Wildman–Crippen MR) is 74.0 cm³/mol.